The van der Waals surface area contributed by atoms with Gasteiger partial charge in [0.15, 0.2) is 0 Å². The fraction of sp³-hybridized carbons (Fsp3) is 0.700. The summed E-state index contributed by atoms with van der Waals surface area (Å²) in [6.45, 7) is 1.95. The van der Waals surface area contributed by atoms with Gasteiger partial charge in [0.1, 0.15) is 5.15 Å². The third-order valence-corrected chi connectivity index (χ3v) is 3.38. The molecular formula is C10H18Cl2N4. The molecule has 16 heavy (non-hydrogen) atoms. The van der Waals surface area contributed by atoms with E-state index in [1.165, 1.54) is 0 Å². The van der Waals surface area contributed by atoms with E-state index in [0.29, 0.717) is 11.0 Å². The van der Waals surface area contributed by atoms with Crippen LogP contribution in [0.5, 0.6) is 0 Å². The van der Waals surface area contributed by atoms with Crippen molar-refractivity contribution in [2.75, 3.05) is 5.88 Å². The first kappa shape index (κ1) is 13.8. The number of aryl methyl sites for hydroxylation is 2. The molecule has 1 aromatic heterocycles. The van der Waals surface area contributed by atoms with Crippen LogP contribution in [-0.2, 0) is 13.5 Å². The lowest BCUT2D eigenvalue weighted by Gasteiger charge is -2.14. The SMILES string of the molecule is Cc1nn(C)c(Cl)c1CC(CCCCl)NN. The lowest BCUT2D eigenvalue weighted by Crippen LogP contribution is -2.37. The van der Waals surface area contributed by atoms with Crippen molar-refractivity contribution in [1.82, 2.24) is 15.2 Å². The second-order valence-electron chi connectivity index (χ2n) is 3.88. The highest BCUT2D eigenvalue weighted by atomic mass is 35.5. The van der Waals surface area contributed by atoms with Gasteiger partial charge in [-0.1, -0.05) is 11.6 Å². The summed E-state index contributed by atoms with van der Waals surface area (Å²) in [6, 6.07) is 0.194. The van der Waals surface area contributed by atoms with Crippen LogP contribution in [0.1, 0.15) is 24.1 Å². The van der Waals surface area contributed by atoms with Crippen molar-refractivity contribution >= 4 is 23.2 Å². The van der Waals surface area contributed by atoms with Crippen LogP contribution >= 0.6 is 23.2 Å². The third kappa shape index (κ3) is 3.35. The molecule has 1 unspecified atom stereocenters. The molecule has 0 amide bonds. The summed E-state index contributed by atoms with van der Waals surface area (Å²) in [7, 11) is 1.84. The molecule has 0 spiro atoms. The predicted octanol–water partition coefficient (Wildman–Crippen LogP) is 1.78. The fourth-order valence-electron chi connectivity index (χ4n) is 1.72. The molecular weight excluding hydrogens is 247 g/mol. The van der Waals surface area contributed by atoms with Gasteiger partial charge in [0.05, 0.1) is 5.69 Å². The number of hydrogen-bond acceptors (Lipinski definition) is 3. The average molecular weight is 265 g/mol. The number of halogens is 2. The molecule has 0 saturated carbocycles. The maximum Gasteiger partial charge on any atom is 0.130 e. The lowest BCUT2D eigenvalue weighted by molar-refractivity contribution is 0.486. The summed E-state index contributed by atoms with van der Waals surface area (Å²) in [5.74, 6) is 6.16. The van der Waals surface area contributed by atoms with E-state index in [0.717, 1.165) is 30.5 Å². The molecule has 0 aliphatic heterocycles. The summed E-state index contributed by atoms with van der Waals surface area (Å²) < 4.78 is 1.68. The molecule has 6 heteroatoms. The molecule has 0 saturated heterocycles. The van der Waals surface area contributed by atoms with E-state index in [2.05, 4.69) is 10.5 Å². The highest BCUT2D eigenvalue weighted by Gasteiger charge is 2.15. The van der Waals surface area contributed by atoms with Crippen molar-refractivity contribution in [3.05, 3.63) is 16.4 Å². The van der Waals surface area contributed by atoms with Gasteiger partial charge in [-0.3, -0.25) is 16.0 Å². The average Bonchev–Trinajstić information content (AvgIpc) is 2.50. The molecule has 1 heterocycles. The van der Waals surface area contributed by atoms with Crippen LogP contribution in [0.25, 0.3) is 0 Å². The summed E-state index contributed by atoms with van der Waals surface area (Å²) in [4.78, 5) is 0. The van der Waals surface area contributed by atoms with Crippen molar-refractivity contribution < 1.29 is 0 Å². The second kappa shape index (κ2) is 6.45. The number of rotatable bonds is 6. The maximum absolute atomic E-state index is 6.15. The first-order chi connectivity index (χ1) is 7.60. The maximum atomic E-state index is 6.15. The Balaban J connectivity index is 2.69. The number of nitrogens with zero attached hydrogens (tertiary/aromatic N) is 2. The van der Waals surface area contributed by atoms with Crippen LogP contribution in [-0.4, -0.2) is 21.7 Å². The van der Waals surface area contributed by atoms with Gasteiger partial charge in [0, 0.05) is 24.5 Å². The summed E-state index contributed by atoms with van der Waals surface area (Å²) in [6.07, 6.45) is 2.66. The molecule has 1 aromatic rings. The number of aromatic nitrogens is 2. The minimum Gasteiger partial charge on any atom is -0.271 e. The van der Waals surface area contributed by atoms with Crippen LogP contribution in [0, 0.1) is 6.92 Å². The number of hydrazine groups is 1. The first-order valence-corrected chi connectivity index (χ1v) is 6.21. The molecule has 0 bridgehead atoms. The van der Waals surface area contributed by atoms with Crippen molar-refractivity contribution in [1.29, 1.82) is 0 Å². The molecule has 0 aliphatic carbocycles. The summed E-state index contributed by atoms with van der Waals surface area (Å²) in [5, 5.41) is 4.95. The van der Waals surface area contributed by atoms with Gasteiger partial charge in [-0.25, -0.2) is 0 Å². The van der Waals surface area contributed by atoms with E-state index in [9.17, 15) is 0 Å². The highest BCUT2D eigenvalue weighted by molar-refractivity contribution is 6.30. The quantitative estimate of drug-likeness (QED) is 0.468. The Hall–Kier alpha value is -0.290. The summed E-state index contributed by atoms with van der Waals surface area (Å²) >= 11 is 11.8. The Morgan fingerprint density at radius 3 is 2.69 bits per heavy atom. The van der Waals surface area contributed by atoms with Crippen LogP contribution in [0.2, 0.25) is 5.15 Å². The molecule has 1 atom stereocenters. The Labute approximate surface area is 106 Å². The number of nitrogens with two attached hydrogens (primary N) is 1. The zero-order valence-corrected chi connectivity index (χ0v) is 11.1. The molecule has 0 aromatic carbocycles. The van der Waals surface area contributed by atoms with Gasteiger partial charge in [-0.05, 0) is 26.2 Å². The van der Waals surface area contributed by atoms with E-state index in [1.54, 1.807) is 4.68 Å². The van der Waals surface area contributed by atoms with Crippen LogP contribution in [0.4, 0.5) is 0 Å². The van der Waals surface area contributed by atoms with Crippen molar-refractivity contribution in [3.63, 3.8) is 0 Å². The normalized spacial score (nSPS) is 13.1. The third-order valence-electron chi connectivity index (χ3n) is 2.64. The Morgan fingerprint density at radius 1 is 1.56 bits per heavy atom. The Kier molecular flexibility index (Phi) is 5.55. The Bertz CT molecular complexity index is 338. The fourth-order valence-corrected chi connectivity index (χ4v) is 2.13. The van der Waals surface area contributed by atoms with Crippen molar-refractivity contribution in [3.8, 4) is 0 Å². The second-order valence-corrected chi connectivity index (χ2v) is 4.61. The van der Waals surface area contributed by atoms with E-state index < -0.39 is 0 Å². The van der Waals surface area contributed by atoms with Gasteiger partial charge >= 0.3 is 0 Å². The molecule has 92 valence electrons. The van der Waals surface area contributed by atoms with Gasteiger partial charge in [0.25, 0.3) is 0 Å². The van der Waals surface area contributed by atoms with Crippen LogP contribution in [0.15, 0.2) is 0 Å². The van der Waals surface area contributed by atoms with E-state index in [4.69, 9.17) is 29.0 Å². The smallest absolute Gasteiger partial charge is 0.130 e. The van der Waals surface area contributed by atoms with Crippen LogP contribution < -0.4 is 11.3 Å². The zero-order chi connectivity index (χ0) is 12.1. The minimum absolute atomic E-state index is 0.194. The van der Waals surface area contributed by atoms with Gasteiger partial charge in [0.2, 0.25) is 0 Å². The van der Waals surface area contributed by atoms with E-state index >= 15 is 0 Å². The first-order valence-electron chi connectivity index (χ1n) is 5.30. The molecule has 0 radical (unpaired) electrons. The predicted molar refractivity (Wildman–Crippen MR) is 67.7 cm³/mol. The van der Waals surface area contributed by atoms with Gasteiger partial charge in [-0.2, -0.15) is 5.10 Å². The summed E-state index contributed by atoms with van der Waals surface area (Å²) in [5.41, 5.74) is 4.81. The molecule has 3 N–H and O–H groups in total. The van der Waals surface area contributed by atoms with Crippen molar-refractivity contribution in [2.24, 2.45) is 12.9 Å². The highest BCUT2D eigenvalue weighted by Crippen LogP contribution is 2.21. The van der Waals surface area contributed by atoms with E-state index in [1.807, 2.05) is 14.0 Å². The van der Waals surface area contributed by atoms with E-state index in [-0.39, 0.29) is 6.04 Å². The molecule has 4 nitrogen and oxygen atoms in total. The van der Waals surface area contributed by atoms with Gasteiger partial charge < -0.3 is 0 Å². The Morgan fingerprint density at radius 2 is 2.25 bits per heavy atom. The van der Waals surface area contributed by atoms with Crippen LogP contribution in [0.3, 0.4) is 0 Å². The monoisotopic (exact) mass is 264 g/mol. The topological polar surface area (TPSA) is 55.9 Å². The van der Waals surface area contributed by atoms with Crippen molar-refractivity contribution in [2.45, 2.75) is 32.2 Å². The molecule has 0 aliphatic rings. The number of nitrogens with one attached hydrogen (secondary N) is 1. The molecule has 0 fully saturated rings. The zero-order valence-electron chi connectivity index (χ0n) is 9.63. The molecule has 1 rings (SSSR count). The number of alkyl halides is 1. The largest absolute Gasteiger partial charge is 0.271 e. The minimum atomic E-state index is 0.194. The lowest BCUT2D eigenvalue weighted by atomic mass is 10.0. The standard InChI is InChI=1S/C10H18Cl2N4/c1-7-9(10(12)16(2)15-7)6-8(14-13)4-3-5-11/h8,14H,3-6,13H2,1-2H3. The number of hydrogen-bond donors (Lipinski definition) is 2. The van der Waals surface area contributed by atoms with Gasteiger partial charge in [-0.15, -0.1) is 11.6 Å².